The van der Waals surface area contributed by atoms with E-state index in [1.54, 1.807) is 0 Å². The summed E-state index contributed by atoms with van der Waals surface area (Å²) in [5, 5.41) is 21.8. The van der Waals surface area contributed by atoms with Crippen LogP contribution in [0.1, 0.15) is 0 Å². The Hall–Kier alpha value is -3.88. The molecule has 0 atom stereocenters. The van der Waals surface area contributed by atoms with E-state index >= 15 is 0 Å². The number of hydrogen-bond donors (Lipinski definition) is 4. The van der Waals surface area contributed by atoms with Crippen LogP contribution in [0.2, 0.25) is 0 Å². The van der Waals surface area contributed by atoms with Crippen molar-refractivity contribution in [3.8, 4) is 0 Å². The molecule has 2 aromatic rings. The van der Waals surface area contributed by atoms with Crippen LogP contribution in [-0.4, -0.2) is 35.3 Å². The Morgan fingerprint density at radius 2 is 1.17 bits per heavy atom. The average Bonchev–Trinajstić information content (AvgIpc) is 2.44. The van der Waals surface area contributed by atoms with Crippen molar-refractivity contribution in [3.05, 3.63) is 32.9 Å². The van der Waals surface area contributed by atoms with Gasteiger partial charge in [0, 0.05) is 0 Å². The van der Waals surface area contributed by atoms with Crippen LogP contribution in [0.3, 0.4) is 0 Å². The second-order valence-corrected chi connectivity index (χ2v) is 3.68. The number of nitrogens with two attached hydrogens (primary N) is 2. The molecule has 0 saturated carbocycles. The third-order valence-electron chi connectivity index (χ3n) is 2.37. The summed E-state index contributed by atoms with van der Waals surface area (Å²) in [6.45, 7) is 0. The summed E-state index contributed by atoms with van der Waals surface area (Å²) in [7, 11) is 0. The van der Waals surface area contributed by atoms with E-state index in [0.29, 0.717) is 0 Å². The van der Waals surface area contributed by atoms with Crippen LogP contribution in [0.25, 0.3) is 0 Å². The second kappa shape index (κ2) is 6.72. The smallest absolute Gasteiger partial charge is 0.354 e. The molecule has 0 aliphatic heterocycles. The van der Waals surface area contributed by atoms with Crippen LogP contribution >= 0.6 is 0 Å². The van der Waals surface area contributed by atoms with Crippen LogP contribution in [0, 0.1) is 20.2 Å². The first-order valence-electron chi connectivity index (χ1n) is 5.43. The fraction of sp³-hybridized carbons (Fsp3) is 0. The molecule has 2 aromatic heterocycles. The molecule has 0 saturated heterocycles. The summed E-state index contributed by atoms with van der Waals surface area (Å²) < 4.78 is 0. The van der Waals surface area contributed by atoms with Gasteiger partial charge in [-0.15, -0.1) is 0 Å². The number of nitro groups is 2. The Balaban J connectivity index is 0.00000264. The molecule has 0 amide bonds. The Bertz CT molecular complexity index is 689. The monoisotopic (exact) mass is 326 g/mol. The normalized spacial score (nSPS) is 9.57. The predicted molar refractivity (Wildman–Crippen MR) is 77.1 cm³/mol. The van der Waals surface area contributed by atoms with Crippen molar-refractivity contribution in [3.63, 3.8) is 0 Å². The van der Waals surface area contributed by atoms with Gasteiger partial charge in [0.15, 0.2) is 0 Å². The zero-order valence-corrected chi connectivity index (χ0v) is 11.1. The highest BCUT2D eigenvalue weighted by atomic mass is 16.6. The largest absolute Gasteiger partial charge is 0.412 e. The molecule has 0 bridgehead atoms. The molecule has 8 N–H and O–H groups in total. The Kier molecular flexibility index (Phi) is 5.01. The molecule has 15 heteroatoms. The van der Waals surface area contributed by atoms with Crippen molar-refractivity contribution in [2.24, 2.45) is 0 Å². The molecular weight excluding hydrogens is 316 g/mol. The molecule has 15 nitrogen and oxygen atoms in total. The SMILES string of the molecule is Nc1ncnc(NNc2ncnc(N)c2[N+](=O)[O-])c1[N+](=O)[O-].O. The van der Waals surface area contributed by atoms with Crippen molar-refractivity contribution in [2.75, 3.05) is 22.3 Å². The molecule has 0 aromatic carbocycles. The lowest BCUT2D eigenvalue weighted by atomic mass is 10.4. The lowest BCUT2D eigenvalue weighted by molar-refractivity contribution is -0.383. The highest BCUT2D eigenvalue weighted by molar-refractivity contribution is 5.72. The summed E-state index contributed by atoms with van der Waals surface area (Å²) in [6.07, 6.45) is 1.96. The van der Waals surface area contributed by atoms with Crippen LogP contribution < -0.4 is 22.3 Å². The fourth-order valence-electron chi connectivity index (χ4n) is 1.45. The number of hydrazine groups is 1. The maximum absolute atomic E-state index is 10.9. The highest BCUT2D eigenvalue weighted by Gasteiger charge is 2.24. The minimum Gasteiger partial charge on any atom is -0.412 e. The van der Waals surface area contributed by atoms with Crippen molar-refractivity contribution >= 4 is 34.6 Å². The van der Waals surface area contributed by atoms with E-state index in [2.05, 4.69) is 30.8 Å². The van der Waals surface area contributed by atoms with Gasteiger partial charge in [-0.05, 0) is 0 Å². The number of nitrogens with zero attached hydrogens (tertiary/aromatic N) is 6. The van der Waals surface area contributed by atoms with Crippen LogP contribution in [0.5, 0.6) is 0 Å². The topological polar surface area (TPSA) is 245 Å². The van der Waals surface area contributed by atoms with Gasteiger partial charge in [0.2, 0.25) is 23.3 Å². The number of nitrogen functional groups attached to an aromatic ring is 2. The van der Waals surface area contributed by atoms with E-state index in [9.17, 15) is 20.2 Å². The number of rotatable bonds is 5. The number of hydrogen-bond acceptors (Lipinski definition) is 12. The van der Waals surface area contributed by atoms with Gasteiger partial charge in [0.25, 0.3) is 0 Å². The van der Waals surface area contributed by atoms with E-state index in [4.69, 9.17) is 11.5 Å². The number of anilines is 4. The van der Waals surface area contributed by atoms with Gasteiger partial charge in [-0.25, -0.2) is 19.9 Å². The quantitative estimate of drug-likeness (QED) is 0.376. The first kappa shape index (κ1) is 17.2. The molecule has 0 fully saturated rings. The first-order valence-corrected chi connectivity index (χ1v) is 5.43. The van der Waals surface area contributed by atoms with Gasteiger partial charge in [0.1, 0.15) is 12.7 Å². The van der Waals surface area contributed by atoms with Crippen LogP contribution in [-0.2, 0) is 0 Å². The number of aromatic nitrogens is 4. The van der Waals surface area contributed by atoms with Crippen LogP contribution in [0.4, 0.5) is 34.6 Å². The molecule has 2 rings (SSSR count). The van der Waals surface area contributed by atoms with E-state index in [1.165, 1.54) is 0 Å². The summed E-state index contributed by atoms with van der Waals surface area (Å²) in [4.78, 5) is 34.4. The van der Waals surface area contributed by atoms with E-state index in [1.807, 2.05) is 0 Å². The van der Waals surface area contributed by atoms with Crippen molar-refractivity contribution in [1.82, 2.24) is 19.9 Å². The van der Waals surface area contributed by atoms with Crippen molar-refractivity contribution in [2.45, 2.75) is 0 Å². The highest BCUT2D eigenvalue weighted by Crippen LogP contribution is 2.29. The third-order valence-corrected chi connectivity index (χ3v) is 2.37. The molecule has 0 aliphatic rings. The third kappa shape index (κ3) is 3.42. The van der Waals surface area contributed by atoms with E-state index in [-0.39, 0.29) is 28.7 Å². The molecule has 2 heterocycles. The minimum atomic E-state index is -0.803. The lowest BCUT2D eigenvalue weighted by Crippen LogP contribution is -2.16. The predicted octanol–water partition coefficient (Wildman–Crippen LogP) is -1.14. The van der Waals surface area contributed by atoms with E-state index < -0.39 is 21.2 Å². The Morgan fingerprint density at radius 1 is 0.826 bits per heavy atom. The van der Waals surface area contributed by atoms with Gasteiger partial charge in [-0.1, -0.05) is 0 Å². The maximum Gasteiger partial charge on any atom is 0.354 e. The maximum atomic E-state index is 10.9. The minimum absolute atomic E-state index is 0. The van der Waals surface area contributed by atoms with Gasteiger partial charge >= 0.3 is 11.4 Å². The summed E-state index contributed by atoms with van der Waals surface area (Å²) in [5.74, 6) is -1.35. The summed E-state index contributed by atoms with van der Waals surface area (Å²) in [6, 6.07) is 0. The van der Waals surface area contributed by atoms with Gasteiger partial charge < -0.3 is 16.9 Å². The molecule has 0 radical (unpaired) electrons. The van der Waals surface area contributed by atoms with E-state index in [0.717, 1.165) is 12.7 Å². The van der Waals surface area contributed by atoms with Gasteiger partial charge in [-0.3, -0.25) is 31.1 Å². The molecule has 23 heavy (non-hydrogen) atoms. The zero-order valence-electron chi connectivity index (χ0n) is 11.1. The van der Waals surface area contributed by atoms with Crippen molar-refractivity contribution in [1.29, 1.82) is 0 Å². The summed E-state index contributed by atoms with van der Waals surface area (Å²) in [5.41, 5.74) is 14.2. The molecular formula is C8H10N10O5. The second-order valence-electron chi connectivity index (χ2n) is 3.68. The van der Waals surface area contributed by atoms with Gasteiger partial charge in [0.05, 0.1) is 9.85 Å². The lowest BCUT2D eigenvalue weighted by Gasteiger charge is -2.09. The number of nitrogens with one attached hydrogen (secondary N) is 2. The van der Waals surface area contributed by atoms with Crippen LogP contribution in [0.15, 0.2) is 12.7 Å². The summed E-state index contributed by atoms with van der Waals surface area (Å²) >= 11 is 0. The fourth-order valence-corrected chi connectivity index (χ4v) is 1.45. The Labute approximate surface area is 126 Å². The molecule has 0 spiro atoms. The van der Waals surface area contributed by atoms with Gasteiger partial charge in [-0.2, -0.15) is 0 Å². The average molecular weight is 326 g/mol. The standard InChI is InChI=1S/C8H8N10O4.H2O/c9-5-3(17(19)20)7(13-1-11-5)15-16-8-4(18(21)22)6(10)12-2-14-8;/h1-2H,(H3,9,11,13,15)(H3,10,12,14,16);1H2. The van der Waals surface area contributed by atoms with Crippen molar-refractivity contribution < 1.29 is 15.3 Å². The molecule has 122 valence electrons. The molecule has 0 unspecified atom stereocenters. The Morgan fingerprint density at radius 3 is 1.48 bits per heavy atom. The zero-order chi connectivity index (χ0) is 16.3. The molecule has 0 aliphatic carbocycles. The first-order chi connectivity index (χ1) is 10.4.